The molecule has 8 heteroatoms. The van der Waals surface area contributed by atoms with Crippen molar-refractivity contribution >= 4 is 29.0 Å². The first-order valence-corrected chi connectivity index (χ1v) is 8.33. The average Bonchev–Trinajstić information content (AvgIpc) is 3.26. The first-order chi connectivity index (χ1) is 12.2. The average molecular weight is 339 g/mol. The number of aromatic nitrogens is 4. The standard InChI is InChI=1S/C17H21N7O/c1-12(9-13-3-2-8-25-13)10-23-4-6-24(7-5-23)16-14-15(20-11-19-14)21-17(18)22-16/h2-3,8-9,11H,4-7,10H2,1H3,(H3,18,19,20,21,22)/b12-9+. The number of imidazole rings is 1. The second-order valence-corrected chi connectivity index (χ2v) is 6.28. The molecule has 0 unspecified atom stereocenters. The van der Waals surface area contributed by atoms with Crippen molar-refractivity contribution in [3.8, 4) is 0 Å². The van der Waals surface area contributed by atoms with Gasteiger partial charge in [0, 0.05) is 32.7 Å². The van der Waals surface area contributed by atoms with Gasteiger partial charge in [-0.25, -0.2) is 4.98 Å². The summed E-state index contributed by atoms with van der Waals surface area (Å²) in [6.07, 6.45) is 5.41. The van der Waals surface area contributed by atoms with E-state index >= 15 is 0 Å². The van der Waals surface area contributed by atoms with Gasteiger partial charge >= 0.3 is 0 Å². The van der Waals surface area contributed by atoms with Crippen molar-refractivity contribution in [2.75, 3.05) is 43.4 Å². The Hall–Kier alpha value is -2.87. The third-order valence-corrected chi connectivity index (χ3v) is 4.36. The molecule has 8 nitrogen and oxygen atoms in total. The van der Waals surface area contributed by atoms with Crippen LogP contribution in [0.4, 0.5) is 11.8 Å². The largest absolute Gasteiger partial charge is 0.465 e. The van der Waals surface area contributed by atoms with Crippen LogP contribution in [-0.4, -0.2) is 57.6 Å². The molecule has 25 heavy (non-hydrogen) atoms. The van der Waals surface area contributed by atoms with Crippen LogP contribution in [0, 0.1) is 0 Å². The lowest BCUT2D eigenvalue weighted by Crippen LogP contribution is -2.47. The number of anilines is 2. The van der Waals surface area contributed by atoms with E-state index in [1.807, 2.05) is 12.1 Å². The van der Waals surface area contributed by atoms with E-state index in [0.717, 1.165) is 49.8 Å². The van der Waals surface area contributed by atoms with E-state index in [9.17, 15) is 0 Å². The second-order valence-electron chi connectivity index (χ2n) is 6.28. The lowest BCUT2D eigenvalue weighted by atomic mass is 10.2. The van der Waals surface area contributed by atoms with E-state index in [0.29, 0.717) is 5.65 Å². The van der Waals surface area contributed by atoms with Crippen LogP contribution < -0.4 is 10.6 Å². The molecule has 0 saturated carbocycles. The fraction of sp³-hybridized carbons (Fsp3) is 0.353. The summed E-state index contributed by atoms with van der Waals surface area (Å²) in [4.78, 5) is 20.5. The first-order valence-electron chi connectivity index (χ1n) is 8.33. The van der Waals surface area contributed by atoms with Crippen LogP contribution in [0.2, 0.25) is 0 Å². The molecule has 1 saturated heterocycles. The number of nitrogen functional groups attached to an aromatic ring is 1. The van der Waals surface area contributed by atoms with Crippen LogP contribution in [0.25, 0.3) is 17.2 Å². The molecule has 0 spiro atoms. The summed E-state index contributed by atoms with van der Waals surface area (Å²) in [6.45, 7) is 6.76. The van der Waals surface area contributed by atoms with E-state index in [2.05, 4.69) is 42.7 Å². The topological polar surface area (TPSA) is 100 Å². The van der Waals surface area contributed by atoms with Crippen molar-refractivity contribution in [2.45, 2.75) is 6.92 Å². The Bertz CT molecular complexity index is 876. The van der Waals surface area contributed by atoms with Gasteiger partial charge in [0.15, 0.2) is 11.5 Å². The van der Waals surface area contributed by atoms with E-state index in [1.165, 1.54) is 5.57 Å². The van der Waals surface area contributed by atoms with Crippen LogP contribution in [-0.2, 0) is 0 Å². The molecule has 3 N–H and O–H groups in total. The van der Waals surface area contributed by atoms with Gasteiger partial charge in [-0.1, -0.05) is 5.57 Å². The third kappa shape index (κ3) is 3.34. The van der Waals surface area contributed by atoms with Crippen LogP contribution in [0.3, 0.4) is 0 Å². The number of nitrogens with two attached hydrogens (primary N) is 1. The van der Waals surface area contributed by atoms with E-state index in [4.69, 9.17) is 10.2 Å². The van der Waals surface area contributed by atoms with Gasteiger partial charge in [0.25, 0.3) is 0 Å². The van der Waals surface area contributed by atoms with Crippen LogP contribution in [0.15, 0.2) is 34.7 Å². The number of hydrogen-bond donors (Lipinski definition) is 2. The molecular weight excluding hydrogens is 318 g/mol. The lowest BCUT2D eigenvalue weighted by molar-refractivity contribution is 0.278. The van der Waals surface area contributed by atoms with Crippen molar-refractivity contribution in [3.63, 3.8) is 0 Å². The Kier molecular flexibility index (Phi) is 4.10. The molecule has 0 radical (unpaired) electrons. The van der Waals surface area contributed by atoms with Crippen LogP contribution in [0.5, 0.6) is 0 Å². The summed E-state index contributed by atoms with van der Waals surface area (Å²) in [5.74, 6) is 1.99. The smallest absolute Gasteiger partial charge is 0.224 e. The number of H-pyrrole nitrogens is 1. The molecule has 3 aromatic rings. The number of hydrogen-bond acceptors (Lipinski definition) is 7. The van der Waals surface area contributed by atoms with Crippen molar-refractivity contribution in [2.24, 2.45) is 0 Å². The molecular formula is C17H21N7O. The van der Waals surface area contributed by atoms with Gasteiger partial charge in [-0.2, -0.15) is 9.97 Å². The highest BCUT2D eigenvalue weighted by atomic mass is 16.3. The Morgan fingerprint density at radius 1 is 1.32 bits per heavy atom. The molecule has 3 aromatic heterocycles. The molecule has 0 aromatic carbocycles. The zero-order chi connectivity index (χ0) is 17.2. The van der Waals surface area contributed by atoms with Crippen molar-refractivity contribution in [1.29, 1.82) is 0 Å². The summed E-state index contributed by atoms with van der Waals surface area (Å²) in [5, 5.41) is 0. The number of aromatic amines is 1. The van der Waals surface area contributed by atoms with Crippen molar-refractivity contribution in [3.05, 3.63) is 36.1 Å². The predicted molar refractivity (Wildman–Crippen MR) is 97.1 cm³/mol. The maximum absolute atomic E-state index is 5.82. The van der Waals surface area contributed by atoms with E-state index < -0.39 is 0 Å². The highest BCUT2D eigenvalue weighted by Crippen LogP contribution is 2.23. The maximum atomic E-state index is 5.82. The summed E-state index contributed by atoms with van der Waals surface area (Å²) >= 11 is 0. The fourth-order valence-electron chi connectivity index (χ4n) is 3.20. The van der Waals surface area contributed by atoms with E-state index in [1.54, 1.807) is 12.6 Å². The molecule has 0 atom stereocenters. The van der Waals surface area contributed by atoms with E-state index in [-0.39, 0.29) is 5.95 Å². The number of furan rings is 1. The minimum Gasteiger partial charge on any atom is -0.465 e. The number of nitrogens with one attached hydrogen (secondary N) is 1. The Labute approximate surface area is 145 Å². The molecule has 1 aliphatic heterocycles. The van der Waals surface area contributed by atoms with Gasteiger partial charge in [-0.15, -0.1) is 0 Å². The minimum absolute atomic E-state index is 0.259. The maximum Gasteiger partial charge on any atom is 0.224 e. The molecule has 1 fully saturated rings. The quantitative estimate of drug-likeness (QED) is 0.747. The lowest BCUT2D eigenvalue weighted by Gasteiger charge is -2.35. The molecule has 0 amide bonds. The van der Waals surface area contributed by atoms with Crippen LogP contribution in [0.1, 0.15) is 12.7 Å². The molecule has 0 bridgehead atoms. The van der Waals surface area contributed by atoms with Gasteiger partial charge < -0.3 is 20.0 Å². The Morgan fingerprint density at radius 2 is 2.16 bits per heavy atom. The summed E-state index contributed by atoms with van der Waals surface area (Å²) in [6, 6.07) is 3.87. The molecule has 4 rings (SSSR count). The zero-order valence-electron chi connectivity index (χ0n) is 14.1. The fourth-order valence-corrected chi connectivity index (χ4v) is 3.20. The number of rotatable bonds is 4. The van der Waals surface area contributed by atoms with Gasteiger partial charge in [0.2, 0.25) is 5.95 Å². The SMILES string of the molecule is C/C(=C\c1ccco1)CN1CCN(c2nc(N)nc3nc[nH]c23)CC1. The van der Waals surface area contributed by atoms with Gasteiger partial charge in [-0.3, -0.25) is 4.90 Å². The number of fused-ring (bicyclic) bond motifs is 1. The van der Waals surface area contributed by atoms with Gasteiger partial charge in [0.05, 0.1) is 12.6 Å². The Balaban J connectivity index is 1.42. The minimum atomic E-state index is 0.259. The van der Waals surface area contributed by atoms with Crippen molar-refractivity contribution in [1.82, 2.24) is 24.8 Å². The Morgan fingerprint density at radius 3 is 2.92 bits per heavy atom. The highest BCUT2D eigenvalue weighted by molar-refractivity contribution is 5.84. The predicted octanol–water partition coefficient (Wildman–Crippen LogP) is 1.75. The van der Waals surface area contributed by atoms with Gasteiger partial charge in [-0.05, 0) is 25.1 Å². The molecule has 130 valence electrons. The van der Waals surface area contributed by atoms with Crippen molar-refractivity contribution < 1.29 is 4.42 Å². The molecule has 1 aliphatic rings. The second kappa shape index (κ2) is 6.56. The summed E-state index contributed by atoms with van der Waals surface area (Å²) < 4.78 is 5.37. The number of nitrogens with zero attached hydrogens (tertiary/aromatic N) is 5. The van der Waals surface area contributed by atoms with Crippen LogP contribution >= 0.6 is 0 Å². The summed E-state index contributed by atoms with van der Waals surface area (Å²) in [7, 11) is 0. The summed E-state index contributed by atoms with van der Waals surface area (Å²) in [5.41, 5.74) is 8.56. The third-order valence-electron chi connectivity index (χ3n) is 4.36. The number of piperazine rings is 1. The first kappa shape index (κ1) is 15.6. The molecule has 0 aliphatic carbocycles. The normalized spacial score (nSPS) is 16.7. The zero-order valence-corrected chi connectivity index (χ0v) is 14.1. The highest BCUT2D eigenvalue weighted by Gasteiger charge is 2.21. The monoisotopic (exact) mass is 339 g/mol. The molecule has 4 heterocycles. The van der Waals surface area contributed by atoms with Gasteiger partial charge in [0.1, 0.15) is 11.3 Å².